The van der Waals surface area contributed by atoms with Gasteiger partial charge in [-0.3, -0.25) is 0 Å². The monoisotopic (exact) mass is 266 g/mol. The number of carboxylic acid groups (broad SMARTS) is 1. The van der Waals surface area contributed by atoms with Crippen LogP contribution in [0.3, 0.4) is 0 Å². The maximum Gasteiger partial charge on any atom is 0.328 e. The molecule has 4 heteroatoms. The van der Waals surface area contributed by atoms with Crippen LogP contribution in [0.5, 0.6) is 5.75 Å². The molecule has 0 saturated carbocycles. The third kappa shape index (κ3) is 5.55. The van der Waals surface area contributed by atoms with Crippen molar-refractivity contribution in [3.63, 3.8) is 0 Å². The molecule has 0 spiro atoms. The van der Waals surface area contributed by atoms with Gasteiger partial charge in [-0.15, -0.1) is 0 Å². The van der Waals surface area contributed by atoms with Crippen molar-refractivity contribution in [3.05, 3.63) is 35.7 Å². The molecule has 0 bridgehead atoms. The molecule has 1 atom stereocenters. The number of halogens is 1. The Balaban J connectivity index is 2.79. The Bertz CT molecular complexity index is 455. The summed E-state index contributed by atoms with van der Waals surface area (Å²) < 4.78 is 18.8. The fourth-order valence-corrected chi connectivity index (χ4v) is 1.75. The number of carbonyl (C=O) groups is 1. The van der Waals surface area contributed by atoms with E-state index in [1.165, 1.54) is 24.3 Å². The number of carboxylic acids is 1. The Hall–Kier alpha value is -1.84. The molecule has 3 nitrogen and oxygen atoms in total. The second kappa shape index (κ2) is 7.56. The first kappa shape index (κ1) is 15.2. The zero-order valence-corrected chi connectivity index (χ0v) is 11.2. The van der Waals surface area contributed by atoms with Gasteiger partial charge in [0.15, 0.2) is 0 Å². The van der Waals surface area contributed by atoms with Crippen LogP contribution >= 0.6 is 0 Å². The molecule has 1 aromatic rings. The summed E-state index contributed by atoms with van der Waals surface area (Å²) in [6, 6.07) is 4.09. The maximum atomic E-state index is 13.2. The molecule has 0 aliphatic heterocycles. The number of hydrogen-bond acceptors (Lipinski definition) is 2. The molecule has 0 aromatic heterocycles. The second-order valence-electron chi connectivity index (χ2n) is 4.56. The van der Waals surface area contributed by atoms with Gasteiger partial charge in [-0.25, -0.2) is 9.18 Å². The van der Waals surface area contributed by atoms with E-state index in [0.29, 0.717) is 23.8 Å². The Morgan fingerprint density at radius 1 is 1.53 bits per heavy atom. The minimum Gasteiger partial charge on any atom is -0.493 e. The maximum absolute atomic E-state index is 13.2. The zero-order valence-electron chi connectivity index (χ0n) is 11.2. The Morgan fingerprint density at radius 3 is 2.89 bits per heavy atom. The van der Waals surface area contributed by atoms with Crippen LogP contribution in [0.2, 0.25) is 0 Å². The molecular formula is C15H19FO3. The summed E-state index contributed by atoms with van der Waals surface area (Å²) in [7, 11) is 0. The molecule has 1 unspecified atom stereocenters. The van der Waals surface area contributed by atoms with Crippen LogP contribution < -0.4 is 4.74 Å². The van der Waals surface area contributed by atoms with Crippen molar-refractivity contribution < 1.29 is 19.0 Å². The lowest BCUT2D eigenvalue weighted by atomic mass is 10.1. The molecule has 1 N–H and O–H groups in total. The smallest absolute Gasteiger partial charge is 0.328 e. The van der Waals surface area contributed by atoms with Crippen molar-refractivity contribution in [2.75, 3.05) is 6.61 Å². The average molecular weight is 266 g/mol. The van der Waals surface area contributed by atoms with Gasteiger partial charge in [0.25, 0.3) is 0 Å². The average Bonchev–Trinajstić information content (AvgIpc) is 2.35. The summed E-state index contributed by atoms with van der Waals surface area (Å²) in [5.41, 5.74) is 0.436. The molecule has 0 aliphatic rings. The first-order valence-electron chi connectivity index (χ1n) is 6.36. The van der Waals surface area contributed by atoms with Crippen LogP contribution in [0.4, 0.5) is 4.39 Å². The van der Waals surface area contributed by atoms with Crippen LogP contribution in [-0.2, 0) is 4.79 Å². The molecule has 0 amide bonds. The van der Waals surface area contributed by atoms with E-state index in [1.54, 1.807) is 0 Å². The highest BCUT2D eigenvalue weighted by Crippen LogP contribution is 2.22. The highest BCUT2D eigenvalue weighted by molar-refractivity contribution is 5.85. The highest BCUT2D eigenvalue weighted by Gasteiger charge is 2.06. The molecule has 104 valence electrons. The number of hydrogen-bond donors (Lipinski definition) is 1. The van der Waals surface area contributed by atoms with E-state index in [1.807, 2.05) is 0 Å². The van der Waals surface area contributed by atoms with Gasteiger partial charge >= 0.3 is 5.97 Å². The number of rotatable bonds is 7. The largest absolute Gasteiger partial charge is 0.493 e. The van der Waals surface area contributed by atoms with Gasteiger partial charge in [0.2, 0.25) is 0 Å². The van der Waals surface area contributed by atoms with Crippen molar-refractivity contribution in [2.45, 2.75) is 26.7 Å². The topological polar surface area (TPSA) is 46.5 Å². The fourth-order valence-electron chi connectivity index (χ4n) is 1.75. The Morgan fingerprint density at radius 2 is 2.26 bits per heavy atom. The molecule has 0 saturated heterocycles. The van der Waals surface area contributed by atoms with Crippen molar-refractivity contribution in [1.29, 1.82) is 0 Å². The lowest BCUT2D eigenvalue weighted by Gasteiger charge is -2.13. The first-order valence-corrected chi connectivity index (χ1v) is 6.36. The molecule has 19 heavy (non-hydrogen) atoms. The van der Waals surface area contributed by atoms with Crippen LogP contribution in [0, 0.1) is 11.7 Å². The van der Waals surface area contributed by atoms with E-state index < -0.39 is 11.8 Å². The van der Waals surface area contributed by atoms with Crippen LogP contribution in [0.1, 0.15) is 32.3 Å². The van der Waals surface area contributed by atoms with E-state index in [-0.39, 0.29) is 0 Å². The lowest BCUT2D eigenvalue weighted by molar-refractivity contribution is -0.131. The van der Waals surface area contributed by atoms with E-state index in [4.69, 9.17) is 9.84 Å². The third-order valence-electron chi connectivity index (χ3n) is 2.68. The lowest BCUT2D eigenvalue weighted by Crippen LogP contribution is -2.09. The van der Waals surface area contributed by atoms with Gasteiger partial charge < -0.3 is 9.84 Å². The van der Waals surface area contributed by atoms with E-state index in [9.17, 15) is 9.18 Å². The van der Waals surface area contributed by atoms with Gasteiger partial charge in [-0.1, -0.05) is 20.3 Å². The summed E-state index contributed by atoms with van der Waals surface area (Å²) in [6.45, 7) is 4.72. The second-order valence-corrected chi connectivity index (χ2v) is 4.56. The van der Waals surface area contributed by atoms with Crippen LogP contribution in [-0.4, -0.2) is 17.7 Å². The van der Waals surface area contributed by atoms with Gasteiger partial charge in [-0.05, 0) is 36.6 Å². The number of aliphatic carboxylic acids is 1. The Kier molecular flexibility index (Phi) is 6.06. The van der Waals surface area contributed by atoms with Crippen molar-refractivity contribution >= 4 is 12.0 Å². The van der Waals surface area contributed by atoms with Gasteiger partial charge in [-0.2, -0.15) is 0 Å². The summed E-state index contributed by atoms with van der Waals surface area (Å²) in [5, 5.41) is 8.60. The molecule has 0 radical (unpaired) electrons. The summed E-state index contributed by atoms with van der Waals surface area (Å²) >= 11 is 0. The van der Waals surface area contributed by atoms with Gasteiger partial charge in [0.1, 0.15) is 11.6 Å². The normalized spacial score (nSPS) is 12.6. The molecule has 1 rings (SSSR count). The van der Waals surface area contributed by atoms with Crippen LogP contribution in [0.15, 0.2) is 24.3 Å². The predicted octanol–water partition coefficient (Wildman–Crippen LogP) is 3.74. The minimum atomic E-state index is -1.07. The third-order valence-corrected chi connectivity index (χ3v) is 2.68. The number of benzene rings is 1. The SMILES string of the molecule is CCCC(C)COc1ccc(F)cc1/C=C/C(=O)O. The predicted molar refractivity (Wildman–Crippen MR) is 72.6 cm³/mol. The molecule has 1 aromatic carbocycles. The molecule has 0 aliphatic carbocycles. The van der Waals surface area contributed by atoms with E-state index >= 15 is 0 Å². The van der Waals surface area contributed by atoms with E-state index in [2.05, 4.69) is 13.8 Å². The Labute approximate surface area is 112 Å². The quantitative estimate of drug-likeness (QED) is 0.765. The van der Waals surface area contributed by atoms with Gasteiger partial charge in [0.05, 0.1) is 6.61 Å². The van der Waals surface area contributed by atoms with Crippen molar-refractivity contribution in [3.8, 4) is 5.75 Å². The van der Waals surface area contributed by atoms with Crippen molar-refractivity contribution in [1.82, 2.24) is 0 Å². The van der Waals surface area contributed by atoms with Gasteiger partial charge in [0, 0.05) is 11.6 Å². The standard InChI is InChI=1S/C15H19FO3/c1-3-4-11(2)10-19-14-7-6-13(16)9-12(14)5-8-15(17)18/h5-9,11H,3-4,10H2,1-2H3,(H,17,18)/b8-5+. The fraction of sp³-hybridized carbons (Fsp3) is 0.400. The summed E-state index contributed by atoms with van der Waals surface area (Å²) in [4.78, 5) is 10.5. The first-order chi connectivity index (χ1) is 9.02. The van der Waals surface area contributed by atoms with Crippen LogP contribution in [0.25, 0.3) is 6.08 Å². The highest BCUT2D eigenvalue weighted by atomic mass is 19.1. The number of ether oxygens (including phenoxy) is 1. The molecule has 0 heterocycles. The zero-order chi connectivity index (χ0) is 14.3. The molecular weight excluding hydrogens is 247 g/mol. The van der Waals surface area contributed by atoms with Crippen molar-refractivity contribution in [2.24, 2.45) is 5.92 Å². The van der Waals surface area contributed by atoms with E-state index in [0.717, 1.165) is 18.9 Å². The summed E-state index contributed by atoms with van der Waals surface area (Å²) in [6.07, 6.45) is 4.45. The molecule has 0 fully saturated rings. The minimum absolute atomic E-state index is 0.409. The summed E-state index contributed by atoms with van der Waals surface area (Å²) in [5.74, 6) is -0.582.